The fourth-order valence-corrected chi connectivity index (χ4v) is 11.4. The van der Waals surface area contributed by atoms with E-state index in [4.69, 9.17) is 0 Å². The highest BCUT2D eigenvalue weighted by Gasteiger charge is 2.35. The van der Waals surface area contributed by atoms with Crippen LogP contribution in [0.4, 0.5) is 0 Å². The van der Waals surface area contributed by atoms with E-state index in [1.807, 2.05) is 55.4 Å². The van der Waals surface area contributed by atoms with Gasteiger partial charge < -0.3 is 0 Å². The molecule has 0 saturated heterocycles. The van der Waals surface area contributed by atoms with Crippen LogP contribution in [0.5, 0.6) is 0 Å². The first-order valence-corrected chi connectivity index (χ1v) is 30.6. The number of hydrogen-bond acceptors (Lipinski definition) is 0. The summed E-state index contributed by atoms with van der Waals surface area (Å²) in [6.45, 7) is 23.3. The van der Waals surface area contributed by atoms with Crippen molar-refractivity contribution in [3.8, 4) is 0 Å². The van der Waals surface area contributed by atoms with Gasteiger partial charge in [-0.15, -0.1) is 0 Å². The Balaban J connectivity index is -0.000000353. The van der Waals surface area contributed by atoms with E-state index in [0.717, 1.165) is 41.4 Å². The highest BCUT2D eigenvalue weighted by molar-refractivity contribution is 4.86. The van der Waals surface area contributed by atoms with Crippen LogP contribution in [0.1, 0.15) is 374 Å². The van der Waals surface area contributed by atoms with E-state index in [1.54, 1.807) is 44.9 Å². The van der Waals surface area contributed by atoms with Crippen LogP contribution in [0.15, 0.2) is 0 Å². The molecule has 2 atom stereocenters. The Morgan fingerprint density at radius 1 is 0.172 bits per heavy atom. The van der Waals surface area contributed by atoms with Gasteiger partial charge >= 0.3 is 0 Å². The SMILES string of the molecule is C.C.C1CCCCCCC1.C1CCCCCCC1.CC.CC.CC.CC.CC1CCCC(C2CCCCCC(C3CC3)C2)CCC1.CC1CCCCCCC1.CC1CCCCCCC1. The largest absolute Gasteiger partial charge is 0.0776 e. The Labute approximate surface area is 413 Å². The lowest BCUT2D eigenvalue weighted by atomic mass is 9.72. The topological polar surface area (TPSA) is 0 Å². The Morgan fingerprint density at radius 3 is 0.562 bits per heavy atom. The van der Waals surface area contributed by atoms with Crippen molar-refractivity contribution in [2.45, 2.75) is 374 Å². The molecule has 7 saturated carbocycles. The summed E-state index contributed by atoms with van der Waals surface area (Å²) >= 11 is 0. The molecule has 0 aromatic heterocycles. The third-order valence-corrected chi connectivity index (χ3v) is 15.5. The molecule has 2 unspecified atom stereocenters. The van der Waals surface area contributed by atoms with Crippen LogP contribution in [-0.2, 0) is 0 Å². The maximum Gasteiger partial charge on any atom is -0.0383 e. The minimum Gasteiger partial charge on any atom is -0.0776 e. The lowest BCUT2D eigenvalue weighted by molar-refractivity contribution is 0.173. The second-order valence-electron chi connectivity index (χ2n) is 21.0. The van der Waals surface area contributed by atoms with E-state index in [-0.39, 0.29) is 14.9 Å². The van der Waals surface area contributed by atoms with Crippen molar-refractivity contribution in [2.24, 2.45) is 41.4 Å². The van der Waals surface area contributed by atoms with Gasteiger partial charge in [0.1, 0.15) is 0 Å². The molecule has 7 aliphatic carbocycles. The highest BCUT2D eigenvalue weighted by Crippen LogP contribution is 2.47. The zero-order valence-electron chi connectivity index (χ0n) is 46.2. The van der Waals surface area contributed by atoms with E-state index in [9.17, 15) is 0 Å². The number of rotatable bonds is 2. The minimum atomic E-state index is 0. The molecule has 0 bridgehead atoms. The van der Waals surface area contributed by atoms with Crippen LogP contribution in [-0.4, -0.2) is 0 Å². The monoisotopic (exact) mass is 905 g/mol. The van der Waals surface area contributed by atoms with Crippen LogP contribution in [0.3, 0.4) is 0 Å². The first-order valence-electron chi connectivity index (χ1n) is 30.6. The smallest absolute Gasteiger partial charge is 0.0383 e. The van der Waals surface area contributed by atoms with Crippen molar-refractivity contribution in [3.05, 3.63) is 0 Å². The van der Waals surface area contributed by atoms with Crippen LogP contribution in [0, 0.1) is 41.4 Å². The third kappa shape index (κ3) is 45.8. The molecular weight excluding hydrogens is 769 g/mol. The zero-order valence-corrected chi connectivity index (χ0v) is 46.2. The summed E-state index contributed by atoms with van der Waals surface area (Å²) in [6.07, 6.45) is 66.5. The van der Waals surface area contributed by atoms with Gasteiger partial charge in [0.25, 0.3) is 0 Å². The Morgan fingerprint density at radius 2 is 0.328 bits per heavy atom. The van der Waals surface area contributed by atoms with Crippen molar-refractivity contribution < 1.29 is 0 Å². The fourth-order valence-electron chi connectivity index (χ4n) is 11.4. The van der Waals surface area contributed by atoms with Crippen LogP contribution in [0.25, 0.3) is 0 Å². The minimum absolute atomic E-state index is 0. The van der Waals surface area contributed by atoms with Gasteiger partial charge in [0.05, 0.1) is 0 Å². The zero-order chi connectivity index (χ0) is 46.2. The van der Waals surface area contributed by atoms with Gasteiger partial charge in [0, 0.05) is 0 Å². The lowest BCUT2D eigenvalue weighted by Gasteiger charge is -2.34. The summed E-state index contributed by atoms with van der Waals surface area (Å²) in [5, 5.41) is 0. The molecule has 7 fully saturated rings. The molecule has 0 spiro atoms. The van der Waals surface area contributed by atoms with Crippen LogP contribution >= 0.6 is 0 Å². The maximum absolute atomic E-state index is 2.47. The van der Waals surface area contributed by atoms with Crippen LogP contribution in [0.2, 0.25) is 0 Å². The van der Waals surface area contributed by atoms with Gasteiger partial charge in [-0.1, -0.05) is 354 Å². The van der Waals surface area contributed by atoms with Crippen molar-refractivity contribution in [2.75, 3.05) is 0 Å². The van der Waals surface area contributed by atoms with Crippen LogP contribution < -0.4 is 0 Å². The first kappa shape index (κ1) is 70.6. The third-order valence-electron chi connectivity index (χ3n) is 15.5. The fraction of sp³-hybridized carbons (Fsp3) is 1.00. The lowest BCUT2D eigenvalue weighted by Crippen LogP contribution is -2.22. The van der Waals surface area contributed by atoms with Crippen molar-refractivity contribution in [1.82, 2.24) is 0 Å². The Hall–Kier alpha value is 0. The van der Waals surface area contributed by atoms with Crippen molar-refractivity contribution >= 4 is 0 Å². The quantitative estimate of drug-likeness (QED) is 0.259. The summed E-state index contributed by atoms with van der Waals surface area (Å²) in [4.78, 5) is 0. The molecule has 0 heteroatoms. The predicted molar refractivity (Wildman–Crippen MR) is 303 cm³/mol. The van der Waals surface area contributed by atoms with E-state index in [1.165, 1.54) is 238 Å². The molecule has 0 aromatic rings. The van der Waals surface area contributed by atoms with E-state index in [2.05, 4.69) is 20.8 Å². The number of hydrogen-bond donors (Lipinski definition) is 0. The van der Waals surface area contributed by atoms with Gasteiger partial charge in [0.2, 0.25) is 0 Å². The molecule has 7 aliphatic rings. The van der Waals surface area contributed by atoms with E-state index < -0.39 is 0 Å². The summed E-state index contributed by atoms with van der Waals surface area (Å²) in [6, 6.07) is 0. The molecule has 0 radical (unpaired) electrons. The van der Waals surface area contributed by atoms with E-state index in [0.29, 0.717) is 0 Å². The molecule has 0 aliphatic heterocycles. The summed E-state index contributed by atoms with van der Waals surface area (Å²) < 4.78 is 0. The maximum atomic E-state index is 2.47. The second kappa shape index (κ2) is 57.3. The van der Waals surface area contributed by atoms with Gasteiger partial charge in [-0.25, -0.2) is 0 Å². The molecule has 0 N–H and O–H groups in total. The van der Waals surface area contributed by atoms with Crippen molar-refractivity contribution in [1.29, 1.82) is 0 Å². The molecule has 0 heterocycles. The molecule has 0 amide bonds. The molecule has 392 valence electrons. The Kier molecular flexibility index (Phi) is 63.2. The van der Waals surface area contributed by atoms with Gasteiger partial charge in [-0.05, 0) is 60.7 Å². The Bertz CT molecular complexity index is 669. The molecule has 7 rings (SSSR count). The highest BCUT2D eigenvalue weighted by atomic mass is 14.4. The average molecular weight is 906 g/mol. The van der Waals surface area contributed by atoms with Crippen molar-refractivity contribution in [3.63, 3.8) is 0 Å². The normalized spacial score (nSPS) is 26.3. The predicted octanol–water partition coefficient (Wildman–Crippen LogP) is 24.9. The average Bonchev–Trinajstić information content (AvgIpc) is 4.09. The van der Waals surface area contributed by atoms with Gasteiger partial charge in [0.15, 0.2) is 0 Å². The molecule has 64 heavy (non-hydrogen) atoms. The first-order chi connectivity index (χ1) is 30.6. The summed E-state index contributed by atoms with van der Waals surface area (Å²) in [5.74, 6) is 7.54. The molecule has 0 nitrogen and oxygen atoms in total. The summed E-state index contributed by atoms with van der Waals surface area (Å²) in [5.41, 5.74) is 0. The molecule has 0 aromatic carbocycles. The standard InChI is InChI=1S/C20H36.2C9H18.2C8H16.4C2H6.2CH4/c1-16-7-5-11-17(12-6-8-16)19-9-3-2-4-10-20(15-19)18-13-14-18;2*1-9-7-5-3-2-4-6-8-9;2*1-2-4-6-8-7-5-3-1;4*1-2;;/h16-20H,2-15H2,1H3;2*9H,2-8H2,1H3;2*1-8H2;4*1-2H3;2*1H4. The van der Waals surface area contributed by atoms with E-state index >= 15 is 0 Å². The van der Waals surface area contributed by atoms with Gasteiger partial charge in [-0.2, -0.15) is 0 Å². The second-order valence-corrected chi connectivity index (χ2v) is 21.0. The molecular formula is C64H136. The summed E-state index contributed by atoms with van der Waals surface area (Å²) in [7, 11) is 0. The van der Waals surface area contributed by atoms with Gasteiger partial charge in [-0.3, -0.25) is 0 Å².